The summed E-state index contributed by atoms with van der Waals surface area (Å²) in [6, 6.07) is 93.8. The summed E-state index contributed by atoms with van der Waals surface area (Å²) in [6.45, 7) is 10.1. The molecule has 7 heteroatoms. The van der Waals surface area contributed by atoms with Crippen molar-refractivity contribution in [2.45, 2.75) is 34.6 Å². The van der Waals surface area contributed by atoms with Gasteiger partial charge in [0.05, 0.1) is 27.8 Å². The Kier molecular flexibility index (Phi) is 14.9. The number of aryl methyl sites for hydroxylation is 5. The molecule has 0 unspecified atom stereocenters. The highest BCUT2D eigenvalue weighted by Gasteiger charge is 2.14. The van der Waals surface area contributed by atoms with Gasteiger partial charge in [-0.1, -0.05) is 249 Å². The van der Waals surface area contributed by atoms with E-state index in [-0.39, 0.29) is 0 Å². The van der Waals surface area contributed by atoms with Gasteiger partial charge in [0.1, 0.15) is 5.82 Å². The van der Waals surface area contributed by atoms with E-state index in [1.165, 1.54) is 135 Å². The van der Waals surface area contributed by atoms with Crippen LogP contribution in [0.15, 0.2) is 292 Å². The van der Waals surface area contributed by atoms with Crippen LogP contribution >= 0.6 is 0 Å². The maximum Gasteiger partial charge on any atom is 0.125 e. The molecule has 95 heavy (non-hydrogen) atoms. The smallest absolute Gasteiger partial charge is 0.125 e. The van der Waals surface area contributed by atoms with Gasteiger partial charge < -0.3 is 0 Å². The fourth-order valence-corrected chi connectivity index (χ4v) is 14.1. The zero-order valence-electron chi connectivity index (χ0n) is 53.3. The van der Waals surface area contributed by atoms with Gasteiger partial charge in [-0.3, -0.25) is 19.9 Å². The Morgan fingerprint density at radius 1 is 0.158 bits per heavy atom. The van der Waals surface area contributed by atoms with Crippen LogP contribution in [0, 0.1) is 34.6 Å². The lowest BCUT2D eigenvalue weighted by Gasteiger charge is -2.10. The number of hydrogen-bond donors (Lipinski definition) is 0. The summed E-state index contributed by atoms with van der Waals surface area (Å²) in [5.74, 6) is 0.813. The first-order valence-electron chi connectivity index (χ1n) is 32.3. The molecule has 0 aliphatic rings. The van der Waals surface area contributed by atoms with Gasteiger partial charge in [-0.05, 0) is 150 Å². The van der Waals surface area contributed by atoms with Crippen molar-refractivity contribution in [1.29, 1.82) is 0 Å². The molecule has 20 rings (SSSR count). The molecule has 0 amide bonds. The Morgan fingerprint density at radius 2 is 0.411 bits per heavy atom. The minimum absolute atomic E-state index is 0.813. The maximum atomic E-state index is 4.75. The lowest BCUT2D eigenvalue weighted by molar-refractivity contribution is 1.10. The average Bonchev–Trinajstić information content (AvgIpc) is 0.800. The van der Waals surface area contributed by atoms with Crippen LogP contribution in [0.1, 0.15) is 28.6 Å². The number of nitrogens with zero attached hydrogens (tertiary/aromatic N) is 7. The van der Waals surface area contributed by atoms with E-state index in [1.807, 2.05) is 59.4 Å². The Bertz CT molecular complexity index is 5350. The Morgan fingerprint density at radius 3 is 0.779 bits per heavy atom. The molecule has 0 radical (unpaired) electrons. The Balaban J connectivity index is 0.0000000937. The van der Waals surface area contributed by atoms with E-state index in [2.05, 4.69) is 292 Å². The second kappa shape index (κ2) is 24.5. The van der Waals surface area contributed by atoms with Crippen LogP contribution < -0.4 is 0 Å². The second-order valence-corrected chi connectivity index (χ2v) is 24.4. The van der Waals surface area contributed by atoms with Crippen LogP contribution in [0.3, 0.4) is 0 Å². The monoisotopic (exact) mass is 1220 g/mol. The molecule has 5 aromatic heterocycles. The van der Waals surface area contributed by atoms with Gasteiger partial charge in [-0.15, -0.1) is 0 Å². The summed E-state index contributed by atoms with van der Waals surface area (Å²) in [5.41, 5.74) is 8.27. The van der Waals surface area contributed by atoms with Gasteiger partial charge in [0.25, 0.3) is 0 Å². The Hall–Kier alpha value is -12.2. The van der Waals surface area contributed by atoms with Crippen molar-refractivity contribution in [3.05, 3.63) is 320 Å². The molecule has 20 aromatic rings. The molecule has 7 nitrogen and oxygen atoms in total. The fraction of sp³-hybridized carbons (Fsp3) is 0.0568. The third-order valence-corrected chi connectivity index (χ3v) is 18.4. The molecule has 0 aliphatic heterocycles. The minimum Gasteiger partial charge on any atom is -0.261 e. The molecule has 0 aliphatic carbocycles. The van der Waals surface area contributed by atoms with Crippen molar-refractivity contribution in [3.63, 3.8) is 0 Å². The summed E-state index contributed by atoms with van der Waals surface area (Å²) >= 11 is 0. The van der Waals surface area contributed by atoms with Crippen molar-refractivity contribution < 1.29 is 0 Å². The maximum absolute atomic E-state index is 4.75. The van der Waals surface area contributed by atoms with Gasteiger partial charge >= 0.3 is 0 Å². The predicted molar refractivity (Wildman–Crippen MR) is 403 cm³/mol. The quantitative estimate of drug-likeness (QED) is 0.140. The standard InChI is InChI=1S/3C18H13N.2C17H12N2/c2*1-12-10-17-15-8-4-2-6-13(15)14-7-3-5-9-16(14)18(17)11-19-12;1-12-10-11-17-15-8-3-2-6-13(15)14-7-4-5-9-16(14)18(17)19-12;1-11-10-18-16-14-8-4-2-6-12(14)13-7-3-5-9-15(13)17(16)19-11;1-11-18-10-16-14-8-3-2-6-12(14)13-7-4-5-9-15(13)17(16)19-11/h3*2-11H,1H3;2*2-10H,1H3. The molecule has 0 spiro atoms. The van der Waals surface area contributed by atoms with Crippen LogP contribution in [0.25, 0.3) is 162 Å². The second-order valence-electron chi connectivity index (χ2n) is 24.4. The topological polar surface area (TPSA) is 90.2 Å². The van der Waals surface area contributed by atoms with Gasteiger partial charge in [0, 0.05) is 85.0 Å². The molecule has 0 N–H and O–H groups in total. The predicted octanol–water partition coefficient (Wildman–Crippen LogP) is 23.0. The number of pyridine rings is 3. The molecule has 15 aromatic carbocycles. The zero-order chi connectivity index (χ0) is 64.1. The van der Waals surface area contributed by atoms with E-state index >= 15 is 0 Å². The molecular formula is C88H63N7. The molecule has 0 fully saturated rings. The average molecular weight is 1220 g/mol. The molecule has 450 valence electrons. The van der Waals surface area contributed by atoms with E-state index in [0.717, 1.165) is 56.1 Å². The number of rotatable bonds is 0. The summed E-state index contributed by atoms with van der Waals surface area (Å²) in [7, 11) is 0. The highest BCUT2D eigenvalue weighted by Crippen LogP contribution is 2.39. The van der Waals surface area contributed by atoms with Gasteiger partial charge in [0.15, 0.2) is 0 Å². The van der Waals surface area contributed by atoms with E-state index in [0.29, 0.717) is 0 Å². The lowest BCUT2D eigenvalue weighted by atomic mass is 9.95. The highest BCUT2D eigenvalue weighted by molar-refractivity contribution is 6.28. The van der Waals surface area contributed by atoms with E-state index in [4.69, 9.17) is 9.97 Å². The van der Waals surface area contributed by atoms with Crippen LogP contribution in [-0.4, -0.2) is 34.9 Å². The van der Waals surface area contributed by atoms with E-state index in [1.54, 1.807) is 0 Å². The van der Waals surface area contributed by atoms with E-state index < -0.39 is 0 Å². The molecular weight excluding hydrogens is 1160 g/mol. The van der Waals surface area contributed by atoms with Gasteiger partial charge in [0.2, 0.25) is 0 Å². The van der Waals surface area contributed by atoms with Crippen LogP contribution in [0.5, 0.6) is 0 Å². The first-order chi connectivity index (χ1) is 46.7. The minimum atomic E-state index is 0.813. The molecule has 0 bridgehead atoms. The van der Waals surface area contributed by atoms with Gasteiger partial charge in [-0.2, -0.15) is 0 Å². The number of benzene rings is 15. The summed E-state index contributed by atoms with van der Waals surface area (Å²) in [5, 5.41) is 32.7. The third kappa shape index (κ3) is 10.5. The lowest BCUT2D eigenvalue weighted by Crippen LogP contribution is -1.90. The van der Waals surface area contributed by atoms with Crippen LogP contribution in [0.4, 0.5) is 0 Å². The zero-order valence-corrected chi connectivity index (χ0v) is 53.3. The first-order valence-corrected chi connectivity index (χ1v) is 32.3. The number of fused-ring (bicyclic) bond motifs is 30. The SMILES string of the molecule is Cc1cc2c3ccccc3c3ccccc3c2cn1.Cc1cc2c3ccccc3c3ccccc3c2cn1.Cc1ccc2c3ccccc3c3ccccc3c2n1.Cc1cnc2c3ccccc3c3ccccc3c2n1.Cc1ncc2c3ccccc3c3ccccc3c2n1. The first kappa shape index (κ1) is 57.9. The third-order valence-electron chi connectivity index (χ3n) is 18.4. The van der Waals surface area contributed by atoms with Gasteiger partial charge in [-0.25, -0.2) is 15.0 Å². The fourth-order valence-electron chi connectivity index (χ4n) is 14.1. The van der Waals surface area contributed by atoms with Crippen molar-refractivity contribution in [1.82, 2.24) is 34.9 Å². The molecule has 0 saturated carbocycles. The summed E-state index contributed by atoms with van der Waals surface area (Å²) in [4.78, 5) is 32.0. The summed E-state index contributed by atoms with van der Waals surface area (Å²) < 4.78 is 0. The van der Waals surface area contributed by atoms with Crippen molar-refractivity contribution >= 4 is 162 Å². The van der Waals surface area contributed by atoms with Crippen molar-refractivity contribution in [2.75, 3.05) is 0 Å². The summed E-state index contributed by atoms with van der Waals surface area (Å²) in [6.07, 6.45) is 7.77. The van der Waals surface area contributed by atoms with Crippen LogP contribution in [-0.2, 0) is 0 Å². The molecule has 0 atom stereocenters. The van der Waals surface area contributed by atoms with E-state index in [9.17, 15) is 0 Å². The molecule has 0 saturated heterocycles. The molecule has 5 heterocycles. The highest BCUT2D eigenvalue weighted by atomic mass is 14.9. The number of aromatic nitrogens is 7. The van der Waals surface area contributed by atoms with Crippen molar-refractivity contribution in [2.24, 2.45) is 0 Å². The largest absolute Gasteiger partial charge is 0.261 e. The number of hydrogen-bond acceptors (Lipinski definition) is 7. The van der Waals surface area contributed by atoms with Crippen molar-refractivity contribution in [3.8, 4) is 0 Å². The normalized spacial score (nSPS) is 11.4. The Labute approximate surface area is 548 Å². The van der Waals surface area contributed by atoms with Crippen LogP contribution in [0.2, 0.25) is 0 Å².